The minimum absolute atomic E-state index is 0.0291. The molecule has 0 amide bonds. The number of rotatable bonds is 3. The van der Waals surface area contributed by atoms with E-state index in [4.69, 9.17) is 15.1 Å². The lowest BCUT2D eigenvalue weighted by Crippen LogP contribution is -2.09. The van der Waals surface area contributed by atoms with E-state index in [0.717, 1.165) is 12.1 Å². The molecule has 78 valence electrons. The molecule has 0 spiro atoms. The molecule has 0 aliphatic rings. The van der Waals surface area contributed by atoms with Gasteiger partial charge in [0.25, 0.3) is 0 Å². The van der Waals surface area contributed by atoms with Crippen LogP contribution in [-0.4, -0.2) is 17.2 Å². The Balaban J connectivity index is 3.00. The number of ether oxygens (including phenoxy) is 1. The Morgan fingerprint density at radius 1 is 1.60 bits per heavy atom. The molecule has 1 aromatic rings. The molecule has 5 heteroatoms. The molecule has 1 aromatic carbocycles. The van der Waals surface area contributed by atoms with Crippen LogP contribution in [0.15, 0.2) is 18.2 Å². The summed E-state index contributed by atoms with van der Waals surface area (Å²) in [5, 5.41) is 17.1. The molecule has 0 saturated heterocycles. The predicted octanol–water partition coefficient (Wildman–Crippen LogP) is 1.81. The van der Waals surface area contributed by atoms with Gasteiger partial charge in [0, 0.05) is 6.07 Å². The monoisotopic (exact) mass is 209 g/mol. The lowest BCUT2D eigenvalue weighted by Gasteiger charge is -2.08. The quantitative estimate of drug-likeness (QED) is 0.824. The summed E-state index contributed by atoms with van der Waals surface area (Å²) in [5.41, 5.74) is -0.213. The first-order chi connectivity index (χ1) is 7.02. The van der Waals surface area contributed by atoms with Crippen molar-refractivity contribution in [3.8, 4) is 11.8 Å². The molecule has 1 unspecified atom stereocenters. The van der Waals surface area contributed by atoms with Gasteiger partial charge in [0.05, 0.1) is 5.56 Å². The zero-order valence-corrected chi connectivity index (χ0v) is 7.90. The van der Waals surface area contributed by atoms with Crippen molar-refractivity contribution in [2.45, 2.75) is 13.0 Å². The summed E-state index contributed by atoms with van der Waals surface area (Å²) in [4.78, 5) is 10.6. The van der Waals surface area contributed by atoms with Gasteiger partial charge in [-0.1, -0.05) is 0 Å². The minimum Gasteiger partial charge on any atom is -0.478 e. The van der Waals surface area contributed by atoms with Gasteiger partial charge < -0.3 is 9.84 Å². The van der Waals surface area contributed by atoms with E-state index in [9.17, 15) is 9.18 Å². The van der Waals surface area contributed by atoms with Crippen LogP contribution in [0.2, 0.25) is 0 Å². The highest BCUT2D eigenvalue weighted by Gasteiger charge is 2.09. The largest absolute Gasteiger partial charge is 0.478 e. The molecule has 0 bridgehead atoms. The van der Waals surface area contributed by atoms with E-state index in [-0.39, 0.29) is 11.3 Å². The van der Waals surface area contributed by atoms with Crippen LogP contribution >= 0.6 is 0 Å². The fourth-order valence-electron chi connectivity index (χ4n) is 0.985. The predicted molar refractivity (Wildman–Crippen MR) is 49.1 cm³/mol. The Hall–Kier alpha value is -2.09. The summed E-state index contributed by atoms with van der Waals surface area (Å²) in [5.74, 6) is -1.93. The van der Waals surface area contributed by atoms with Gasteiger partial charge in [-0.2, -0.15) is 5.26 Å². The lowest BCUT2D eigenvalue weighted by atomic mass is 10.2. The Kier molecular flexibility index (Phi) is 3.24. The summed E-state index contributed by atoms with van der Waals surface area (Å²) >= 11 is 0. The van der Waals surface area contributed by atoms with Crippen molar-refractivity contribution in [1.29, 1.82) is 5.26 Å². The van der Waals surface area contributed by atoms with Crippen molar-refractivity contribution in [1.82, 2.24) is 0 Å². The molecular weight excluding hydrogens is 201 g/mol. The number of aromatic carboxylic acids is 1. The van der Waals surface area contributed by atoms with Gasteiger partial charge >= 0.3 is 5.97 Å². The highest BCUT2D eigenvalue weighted by Crippen LogP contribution is 2.17. The van der Waals surface area contributed by atoms with Crippen LogP contribution in [0, 0.1) is 17.1 Å². The highest BCUT2D eigenvalue weighted by molar-refractivity contribution is 5.88. The molecule has 0 aliphatic carbocycles. The molecule has 0 saturated carbocycles. The van der Waals surface area contributed by atoms with Gasteiger partial charge in [-0.25, -0.2) is 9.18 Å². The fourth-order valence-corrected chi connectivity index (χ4v) is 0.985. The molecule has 0 aromatic heterocycles. The zero-order valence-electron chi connectivity index (χ0n) is 7.90. The molecule has 1 atom stereocenters. The van der Waals surface area contributed by atoms with Crippen LogP contribution in [0.4, 0.5) is 4.39 Å². The Labute approximate surface area is 85.5 Å². The van der Waals surface area contributed by atoms with Gasteiger partial charge in [0.15, 0.2) is 6.10 Å². The Morgan fingerprint density at radius 2 is 2.27 bits per heavy atom. The summed E-state index contributed by atoms with van der Waals surface area (Å²) in [7, 11) is 0. The van der Waals surface area contributed by atoms with Gasteiger partial charge in [-0.15, -0.1) is 0 Å². The number of hydrogen-bond donors (Lipinski definition) is 1. The van der Waals surface area contributed by atoms with Gasteiger partial charge in [-0.3, -0.25) is 0 Å². The maximum atomic E-state index is 12.9. The van der Waals surface area contributed by atoms with E-state index in [1.165, 1.54) is 13.0 Å². The number of carboxylic acids is 1. The van der Waals surface area contributed by atoms with Crippen LogP contribution in [-0.2, 0) is 0 Å². The fraction of sp³-hybridized carbons (Fsp3) is 0.200. The summed E-state index contributed by atoms with van der Waals surface area (Å²) < 4.78 is 17.9. The zero-order chi connectivity index (χ0) is 11.4. The van der Waals surface area contributed by atoms with Crippen molar-refractivity contribution in [3.05, 3.63) is 29.6 Å². The third-order valence-corrected chi connectivity index (χ3v) is 1.61. The smallest absolute Gasteiger partial charge is 0.335 e. The Morgan fingerprint density at radius 3 is 2.80 bits per heavy atom. The summed E-state index contributed by atoms with van der Waals surface area (Å²) in [6.07, 6.45) is -0.756. The van der Waals surface area contributed by atoms with Gasteiger partial charge in [0.2, 0.25) is 0 Å². The van der Waals surface area contributed by atoms with Crippen molar-refractivity contribution >= 4 is 5.97 Å². The maximum Gasteiger partial charge on any atom is 0.335 e. The van der Waals surface area contributed by atoms with Crippen molar-refractivity contribution < 1.29 is 19.0 Å². The molecule has 1 rings (SSSR count). The molecule has 4 nitrogen and oxygen atoms in total. The number of benzene rings is 1. The molecular formula is C10H8FNO3. The molecule has 0 fully saturated rings. The van der Waals surface area contributed by atoms with Crippen LogP contribution in [0.5, 0.6) is 5.75 Å². The van der Waals surface area contributed by atoms with Gasteiger partial charge in [0.1, 0.15) is 17.6 Å². The van der Waals surface area contributed by atoms with Gasteiger partial charge in [-0.05, 0) is 19.1 Å². The van der Waals surface area contributed by atoms with Crippen LogP contribution < -0.4 is 4.74 Å². The van der Waals surface area contributed by atoms with Crippen LogP contribution in [0.1, 0.15) is 17.3 Å². The highest BCUT2D eigenvalue weighted by atomic mass is 19.1. The second-order valence-electron chi connectivity index (χ2n) is 2.87. The minimum atomic E-state index is -1.25. The molecule has 1 N–H and O–H groups in total. The molecule has 0 heterocycles. The third-order valence-electron chi connectivity index (χ3n) is 1.61. The van der Waals surface area contributed by atoms with Crippen molar-refractivity contribution in [3.63, 3.8) is 0 Å². The number of carboxylic acid groups (broad SMARTS) is 1. The number of nitriles is 1. The molecule has 0 aliphatic heterocycles. The number of halogens is 1. The first-order valence-corrected chi connectivity index (χ1v) is 4.13. The standard InChI is InChI=1S/C10H8FNO3/c1-6(5-12)15-9-3-7(10(13)14)2-8(11)4-9/h2-4,6H,1H3,(H,13,14). The van der Waals surface area contributed by atoms with E-state index in [1.54, 1.807) is 6.07 Å². The van der Waals surface area contributed by atoms with Crippen molar-refractivity contribution in [2.24, 2.45) is 0 Å². The van der Waals surface area contributed by atoms with E-state index in [0.29, 0.717) is 0 Å². The normalized spacial score (nSPS) is 11.5. The first-order valence-electron chi connectivity index (χ1n) is 4.13. The number of nitrogens with zero attached hydrogens (tertiary/aromatic N) is 1. The molecule has 0 radical (unpaired) electrons. The SMILES string of the molecule is CC(C#N)Oc1cc(F)cc(C(=O)O)c1. The Bertz CT molecular complexity index is 425. The average Bonchev–Trinajstić information content (AvgIpc) is 2.16. The maximum absolute atomic E-state index is 12.9. The van der Waals surface area contributed by atoms with E-state index < -0.39 is 17.9 Å². The van der Waals surface area contributed by atoms with E-state index in [1.807, 2.05) is 0 Å². The number of hydrogen-bond acceptors (Lipinski definition) is 3. The summed E-state index contributed by atoms with van der Waals surface area (Å²) in [6.45, 7) is 1.48. The van der Waals surface area contributed by atoms with E-state index >= 15 is 0 Å². The van der Waals surface area contributed by atoms with Crippen molar-refractivity contribution in [2.75, 3.05) is 0 Å². The lowest BCUT2D eigenvalue weighted by molar-refractivity contribution is 0.0695. The first kappa shape index (κ1) is 11.0. The molecule has 15 heavy (non-hydrogen) atoms. The number of carbonyl (C=O) groups is 1. The van der Waals surface area contributed by atoms with Crippen LogP contribution in [0.3, 0.4) is 0 Å². The van der Waals surface area contributed by atoms with Crippen LogP contribution in [0.25, 0.3) is 0 Å². The summed E-state index contributed by atoms with van der Waals surface area (Å²) in [6, 6.07) is 4.86. The van der Waals surface area contributed by atoms with E-state index in [2.05, 4.69) is 0 Å². The second kappa shape index (κ2) is 4.42. The average molecular weight is 209 g/mol. The topological polar surface area (TPSA) is 70.3 Å². The third kappa shape index (κ3) is 2.95. The second-order valence-corrected chi connectivity index (χ2v) is 2.87.